The number of nitrogens with one attached hydrogen (secondary N) is 2. The fourth-order valence-electron chi connectivity index (χ4n) is 3.24. The maximum Gasteiger partial charge on any atom is 0.250 e. The number of carbonyl (C=O) groups is 1. The minimum Gasteiger partial charge on any atom is -0.369 e. The molecule has 7 heteroatoms. The number of hydrogen-bond donors (Lipinski definition) is 3. The quantitative estimate of drug-likeness (QED) is 0.669. The standard InChI is InChI=1S/C17H20N6O/c1-22(10-8-19-9-10)14-4-3-11(17(18)24)16-12(14)7-13(21-16)15-5-6-20-23(15)2/h3-7,10,19,21H,8-9H2,1-2H3,(H2,18,24). The van der Waals surface area contributed by atoms with E-state index in [1.54, 1.807) is 16.9 Å². The molecule has 1 fully saturated rings. The van der Waals surface area contributed by atoms with E-state index in [2.05, 4.69) is 33.4 Å². The first-order chi connectivity index (χ1) is 11.6. The molecule has 1 aliphatic heterocycles. The van der Waals surface area contributed by atoms with Crippen LogP contribution < -0.4 is 16.0 Å². The van der Waals surface area contributed by atoms with Gasteiger partial charge in [0.15, 0.2) is 0 Å². The molecule has 0 aliphatic carbocycles. The third kappa shape index (κ3) is 2.16. The number of rotatable bonds is 4. The first-order valence-corrected chi connectivity index (χ1v) is 7.93. The average molecular weight is 324 g/mol. The number of nitrogens with two attached hydrogens (primary N) is 1. The van der Waals surface area contributed by atoms with E-state index in [4.69, 9.17) is 5.73 Å². The van der Waals surface area contributed by atoms with Crippen LogP contribution in [0.1, 0.15) is 10.4 Å². The van der Waals surface area contributed by atoms with Gasteiger partial charge in [-0.3, -0.25) is 9.48 Å². The Balaban J connectivity index is 1.91. The lowest BCUT2D eigenvalue weighted by atomic mass is 10.1. The molecular formula is C17H20N6O. The molecule has 1 aromatic carbocycles. The number of benzene rings is 1. The number of amides is 1. The molecule has 0 radical (unpaired) electrons. The third-order valence-electron chi connectivity index (χ3n) is 4.82. The lowest BCUT2D eigenvalue weighted by Gasteiger charge is -2.37. The molecule has 0 bridgehead atoms. The van der Waals surface area contributed by atoms with Gasteiger partial charge in [0.1, 0.15) is 0 Å². The van der Waals surface area contributed by atoms with Crippen molar-refractivity contribution >= 4 is 22.5 Å². The van der Waals surface area contributed by atoms with Crippen LogP contribution in [0, 0.1) is 0 Å². The van der Waals surface area contributed by atoms with Crippen molar-refractivity contribution in [1.82, 2.24) is 20.1 Å². The molecule has 4 rings (SSSR count). The van der Waals surface area contributed by atoms with Crippen LogP contribution in [0.5, 0.6) is 0 Å². The molecule has 3 heterocycles. The van der Waals surface area contributed by atoms with Gasteiger partial charge in [0.2, 0.25) is 0 Å². The van der Waals surface area contributed by atoms with Gasteiger partial charge < -0.3 is 20.9 Å². The monoisotopic (exact) mass is 324 g/mol. The molecule has 0 unspecified atom stereocenters. The molecule has 0 saturated carbocycles. The minimum atomic E-state index is -0.432. The van der Waals surface area contributed by atoms with E-state index in [-0.39, 0.29) is 0 Å². The van der Waals surface area contributed by atoms with Crippen molar-refractivity contribution in [2.24, 2.45) is 12.8 Å². The number of aryl methyl sites for hydroxylation is 1. The molecule has 1 amide bonds. The summed E-state index contributed by atoms with van der Waals surface area (Å²) in [5.41, 5.74) is 9.80. The van der Waals surface area contributed by atoms with Crippen LogP contribution in [0.3, 0.4) is 0 Å². The Labute approximate surface area is 139 Å². The largest absolute Gasteiger partial charge is 0.369 e. The molecule has 2 aromatic heterocycles. The molecule has 1 aliphatic rings. The maximum atomic E-state index is 11.8. The average Bonchev–Trinajstić information content (AvgIpc) is 3.09. The Morgan fingerprint density at radius 3 is 2.75 bits per heavy atom. The van der Waals surface area contributed by atoms with Crippen molar-refractivity contribution in [2.45, 2.75) is 6.04 Å². The first-order valence-electron chi connectivity index (χ1n) is 7.93. The summed E-state index contributed by atoms with van der Waals surface area (Å²) in [4.78, 5) is 17.4. The van der Waals surface area contributed by atoms with E-state index < -0.39 is 5.91 Å². The Kier molecular flexibility index (Phi) is 3.31. The molecule has 0 spiro atoms. The van der Waals surface area contributed by atoms with Crippen LogP contribution in [-0.2, 0) is 7.05 Å². The SMILES string of the molecule is CN(c1ccc(C(N)=O)c2[nH]c(-c3ccnn3C)cc12)C1CNC1. The second kappa shape index (κ2) is 5.38. The highest BCUT2D eigenvalue weighted by Crippen LogP contribution is 2.34. The van der Waals surface area contributed by atoms with Crippen molar-refractivity contribution in [3.05, 3.63) is 36.0 Å². The van der Waals surface area contributed by atoms with Gasteiger partial charge in [0.05, 0.1) is 28.5 Å². The topological polar surface area (TPSA) is 92.0 Å². The van der Waals surface area contributed by atoms with Gasteiger partial charge >= 0.3 is 0 Å². The van der Waals surface area contributed by atoms with Crippen molar-refractivity contribution in [1.29, 1.82) is 0 Å². The van der Waals surface area contributed by atoms with Gasteiger partial charge in [-0.15, -0.1) is 0 Å². The van der Waals surface area contributed by atoms with Gasteiger partial charge in [-0.2, -0.15) is 5.10 Å². The zero-order valence-corrected chi connectivity index (χ0v) is 13.7. The third-order valence-corrected chi connectivity index (χ3v) is 4.82. The number of likely N-dealkylation sites (N-methyl/N-ethyl adjacent to an activating group) is 1. The number of anilines is 1. The maximum absolute atomic E-state index is 11.8. The summed E-state index contributed by atoms with van der Waals surface area (Å²) in [6, 6.07) is 8.24. The molecule has 124 valence electrons. The van der Waals surface area contributed by atoms with Crippen molar-refractivity contribution in [2.75, 3.05) is 25.0 Å². The zero-order chi connectivity index (χ0) is 16.8. The molecular weight excluding hydrogens is 304 g/mol. The molecule has 0 atom stereocenters. The number of primary amides is 1. The number of nitrogens with zero attached hydrogens (tertiary/aromatic N) is 3. The predicted octanol–water partition coefficient (Wildman–Crippen LogP) is 1.08. The molecule has 24 heavy (non-hydrogen) atoms. The van der Waals surface area contributed by atoms with Gasteiger partial charge in [-0.05, 0) is 24.3 Å². The van der Waals surface area contributed by atoms with Crippen molar-refractivity contribution in [3.8, 4) is 11.4 Å². The predicted molar refractivity (Wildman–Crippen MR) is 94.1 cm³/mol. The Morgan fingerprint density at radius 2 is 2.17 bits per heavy atom. The van der Waals surface area contributed by atoms with E-state index in [1.807, 2.05) is 19.2 Å². The number of aromatic nitrogens is 3. The van der Waals surface area contributed by atoms with Crippen LogP contribution >= 0.6 is 0 Å². The highest BCUT2D eigenvalue weighted by atomic mass is 16.1. The van der Waals surface area contributed by atoms with Crippen LogP contribution in [-0.4, -0.2) is 46.9 Å². The summed E-state index contributed by atoms with van der Waals surface area (Å²) >= 11 is 0. The van der Waals surface area contributed by atoms with Crippen LogP contribution in [0.2, 0.25) is 0 Å². The van der Waals surface area contributed by atoms with Crippen LogP contribution in [0.4, 0.5) is 5.69 Å². The van der Waals surface area contributed by atoms with E-state index in [0.717, 1.165) is 41.1 Å². The number of hydrogen-bond acceptors (Lipinski definition) is 4. The number of H-pyrrole nitrogens is 1. The second-order valence-corrected chi connectivity index (χ2v) is 6.23. The number of fused-ring (bicyclic) bond motifs is 1. The van der Waals surface area contributed by atoms with E-state index in [0.29, 0.717) is 11.6 Å². The molecule has 4 N–H and O–H groups in total. The number of aromatic amines is 1. The lowest BCUT2D eigenvalue weighted by Crippen LogP contribution is -2.56. The zero-order valence-electron chi connectivity index (χ0n) is 13.7. The Morgan fingerprint density at radius 1 is 1.38 bits per heavy atom. The Bertz CT molecular complexity index is 920. The normalized spacial score (nSPS) is 14.8. The van der Waals surface area contributed by atoms with Gasteiger partial charge in [0.25, 0.3) is 5.91 Å². The summed E-state index contributed by atoms with van der Waals surface area (Å²) in [5, 5.41) is 8.50. The van der Waals surface area contributed by atoms with E-state index in [1.165, 1.54) is 0 Å². The molecule has 3 aromatic rings. The molecule has 7 nitrogen and oxygen atoms in total. The summed E-state index contributed by atoms with van der Waals surface area (Å²) in [6.45, 7) is 1.93. The van der Waals surface area contributed by atoms with Gasteiger partial charge in [-0.1, -0.05) is 0 Å². The van der Waals surface area contributed by atoms with Gasteiger partial charge in [-0.25, -0.2) is 0 Å². The lowest BCUT2D eigenvalue weighted by molar-refractivity contribution is 0.100. The summed E-state index contributed by atoms with van der Waals surface area (Å²) in [5.74, 6) is -0.432. The minimum absolute atomic E-state index is 0.432. The smallest absolute Gasteiger partial charge is 0.250 e. The molecule has 1 saturated heterocycles. The van der Waals surface area contributed by atoms with Crippen molar-refractivity contribution < 1.29 is 4.79 Å². The number of carbonyl (C=O) groups excluding carboxylic acids is 1. The van der Waals surface area contributed by atoms with Crippen molar-refractivity contribution in [3.63, 3.8) is 0 Å². The van der Waals surface area contributed by atoms with Gasteiger partial charge in [0, 0.05) is 44.5 Å². The highest BCUT2D eigenvalue weighted by Gasteiger charge is 2.24. The van der Waals surface area contributed by atoms with Crippen LogP contribution in [0.15, 0.2) is 30.5 Å². The summed E-state index contributed by atoms with van der Waals surface area (Å²) in [7, 11) is 3.98. The summed E-state index contributed by atoms with van der Waals surface area (Å²) in [6.07, 6.45) is 1.75. The highest BCUT2D eigenvalue weighted by molar-refractivity contribution is 6.09. The Hall–Kier alpha value is -2.80. The fourth-order valence-corrected chi connectivity index (χ4v) is 3.24. The fraction of sp³-hybridized carbons (Fsp3) is 0.294. The second-order valence-electron chi connectivity index (χ2n) is 6.23. The van der Waals surface area contributed by atoms with E-state index >= 15 is 0 Å². The van der Waals surface area contributed by atoms with Crippen LogP contribution in [0.25, 0.3) is 22.3 Å². The first kappa shape index (κ1) is 14.8. The summed E-state index contributed by atoms with van der Waals surface area (Å²) < 4.78 is 1.80. The van der Waals surface area contributed by atoms with E-state index in [9.17, 15) is 4.79 Å².